The van der Waals surface area contributed by atoms with Crippen molar-refractivity contribution in [1.29, 1.82) is 5.26 Å². The maximum atomic E-state index is 9.78. The Bertz CT molecular complexity index is 1010. The number of hydrogen-bond donors (Lipinski definition) is 2. The lowest BCUT2D eigenvalue weighted by Crippen LogP contribution is -2.21. The molecule has 8 heteroatoms. The molecule has 4 rings (SSSR count). The van der Waals surface area contributed by atoms with Gasteiger partial charge in [-0.25, -0.2) is 0 Å². The second-order valence-electron chi connectivity index (χ2n) is 5.91. The van der Waals surface area contributed by atoms with Crippen LogP contribution < -0.4 is 29.4 Å². The fourth-order valence-corrected chi connectivity index (χ4v) is 3.39. The molecule has 1 atom stereocenters. The number of benzene rings is 2. The summed E-state index contributed by atoms with van der Waals surface area (Å²) in [6.45, 7) is 0.0552. The van der Waals surface area contributed by atoms with Gasteiger partial charge in [0, 0.05) is 17.2 Å². The third-order valence-corrected chi connectivity index (χ3v) is 4.52. The van der Waals surface area contributed by atoms with Gasteiger partial charge < -0.3 is 34.5 Å². The van der Waals surface area contributed by atoms with E-state index in [0.29, 0.717) is 39.9 Å². The Labute approximate surface area is 154 Å². The molecule has 138 valence electrons. The summed E-state index contributed by atoms with van der Waals surface area (Å²) in [5.74, 6) is 1.42. The van der Waals surface area contributed by atoms with Gasteiger partial charge in [0.1, 0.15) is 23.1 Å². The van der Waals surface area contributed by atoms with Crippen molar-refractivity contribution in [3.8, 4) is 40.6 Å². The summed E-state index contributed by atoms with van der Waals surface area (Å²) in [6.07, 6.45) is 0. The van der Waals surface area contributed by atoms with Crippen molar-refractivity contribution in [2.75, 3.05) is 21.0 Å². The first-order valence-corrected chi connectivity index (χ1v) is 8.04. The number of hydrogen-bond acceptors (Lipinski definition) is 8. The highest BCUT2D eigenvalue weighted by Crippen LogP contribution is 2.54. The van der Waals surface area contributed by atoms with Crippen LogP contribution in [0.2, 0.25) is 0 Å². The van der Waals surface area contributed by atoms with Crippen LogP contribution in [0.4, 0.5) is 0 Å². The fraction of sp³-hybridized carbons (Fsp3) is 0.211. The first-order valence-electron chi connectivity index (χ1n) is 8.04. The van der Waals surface area contributed by atoms with Gasteiger partial charge in [-0.05, 0) is 12.1 Å². The largest absolute Gasteiger partial charge is 0.508 e. The van der Waals surface area contributed by atoms with Gasteiger partial charge in [0.15, 0.2) is 11.5 Å². The lowest BCUT2D eigenvalue weighted by atomic mass is 9.82. The SMILES string of the molecule is COc1c([C@@H]2C(C#N)=C(N)Oc3cc(O)ccc32)cc2c(c1OC)OCO2. The molecule has 2 aliphatic rings. The first-order chi connectivity index (χ1) is 13.1. The molecule has 8 nitrogen and oxygen atoms in total. The molecule has 0 radical (unpaired) electrons. The van der Waals surface area contributed by atoms with Crippen molar-refractivity contribution in [2.45, 2.75) is 5.92 Å². The molecule has 2 aromatic carbocycles. The average Bonchev–Trinajstić information content (AvgIpc) is 3.13. The van der Waals surface area contributed by atoms with Gasteiger partial charge in [-0.2, -0.15) is 5.26 Å². The molecule has 3 N–H and O–H groups in total. The second kappa shape index (κ2) is 6.21. The fourth-order valence-electron chi connectivity index (χ4n) is 3.39. The molecule has 0 aromatic heterocycles. The molecule has 0 amide bonds. The maximum Gasteiger partial charge on any atom is 0.231 e. The minimum absolute atomic E-state index is 0.0240. The monoisotopic (exact) mass is 368 g/mol. The summed E-state index contributed by atoms with van der Waals surface area (Å²) in [4.78, 5) is 0. The zero-order valence-corrected chi connectivity index (χ0v) is 14.6. The van der Waals surface area contributed by atoms with Crippen molar-refractivity contribution in [2.24, 2.45) is 5.73 Å². The van der Waals surface area contributed by atoms with E-state index >= 15 is 0 Å². The Morgan fingerprint density at radius 1 is 1.11 bits per heavy atom. The van der Waals surface area contributed by atoms with Gasteiger partial charge in [-0.1, -0.05) is 6.07 Å². The quantitative estimate of drug-likeness (QED) is 0.848. The van der Waals surface area contributed by atoms with E-state index in [4.69, 9.17) is 29.4 Å². The smallest absolute Gasteiger partial charge is 0.231 e. The Morgan fingerprint density at radius 2 is 1.89 bits per heavy atom. The molecule has 0 aliphatic carbocycles. The summed E-state index contributed by atoms with van der Waals surface area (Å²) in [7, 11) is 2.99. The van der Waals surface area contributed by atoms with E-state index in [2.05, 4.69) is 6.07 Å². The molecule has 0 fully saturated rings. The number of phenolic OH excluding ortho intramolecular Hbond substituents is 1. The number of fused-ring (bicyclic) bond motifs is 2. The molecule has 2 aliphatic heterocycles. The van der Waals surface area contributed by atoms with Crippen LogP contribution in [0.25, 0.3) is 0 Å². The van der Waals surface area contributed by atoms with Crippen LogP contribution in [0.15, 0.2) is 35.7 Å². The lowest BCUT2D eigenvalue weighted by molar-refractivity contribution is 0.170. The molecule has 0 unspecified atom stereocenters. The molecule has 2 aromatic rings. The van der Waals surface area contributed by atoms with Crippen molar-refractivity contribution >= 4 is 0 Å². The molecule has 0 saturated heterocycles. The highest BCUT2D eigenvalue weighted by Gasteiger charge is 2.36. The van der Waals surface area contributed by atoms with Crippen LogP contribution in [0, 0.1) is 11.3 Å². The Kier molecular flexibility index (Phi) is 3.85. The molecule has 27 heavy (non-hydrogen) atoms. The Balaban J connectivity index is 2.02. The highest BCUT2D eigenvalue weighted by atomic mass is 16.7. The summed E-state index contributed by atoms with van der Waals surface area (Å²) >= 11 is 0. The Hall–Kier alpha value is -3.73. The van der Waals surface area contributed by atoms with E-state index in [1.165, 1.54) is 26.4 Å². The number of aromatic hydroxyl groups is 1. The maximum absolute atomic E-state index is 9.78. The van der Waals surface area contributed by atoms with Crippen LogP contribution in [0.3, 0.4) is 0 Å². The Morgan fingerprint density at radius 3 is 2.59 bits per heavy atom. The predicted molar refractivity (Wildman–Crippen MR) is 93.1 cm³/mol. The lowest BCUT2D eigenvalue weighted by Gasteiger charge is -2.28. The first kappa shape index (κ1) is 16.7. The summed E-state index contributed by atoms with van der Waals surface area (Å²) in [6, 6.07) is 8.49. The molecular weight excluding hydrogens is 352 g/mol. The van der Waals surface area contributed by atoms with Crippen molar-refractivity contribution in [3.63, 3.8) is 0 Å². The van der Waals surface area contributed by atoms with Gasteiger partial charge in [0.05, 0.1) is 20.1 Å². The van der Waals surface area contributed by atoms with Crippen molar-refractivity contribution < 1.29 is 28.8 Å². The van der Waals surface area contributed by atoms with Crippen LogP contribution >= 0.6 is 0 Å². The molecule has 0 bridgehead atoms. The predicted octanol–water partition coefficient (Wildman–Crippen LogP) is 2.36. The molecule has 2 heterocycles. The average molecular weight is 368 g/mol. The summed E-state index contributed by atoms with van der Waals surface area (Å²) in [5.41, 5.74) is 7.45. The zero-order chi connectivity index (χ0) is 19.1. The minimum atomic E-state index is -0.599. The van der Waals surface area contributed by atoms with E-state index in [0.717, 1.165) is 0 Å². The van der Waals surface area contributed by atoms with E-state index in [1.54, 1.807) is 12.1 Å². The minimum Gasteiger partial charge on any atom is -0.508 e. The number of nitrogens with zero attached hydrogens (tertiary/aromatic N) is 1. The van der Waals surface area contributed by atoms with Crippen LogP contribution in [-0.4, -0.2) is 26.1 Å². The van der Waals surface area contributed by atoms with Gasteiger partial charge >= 0.3 is 0 Å². The van der Waals surface area contributed by atoms with E-state index in [-0.39, 0.29) is 24.0 Å². The summed E-state index contributed by atoms with van der Waals surface area (Å²) < 4.78 is 27.6. The summed E-state index contributed by atoms with van der Waals surface area (Å²) in [5, 5.41) is 19.5. The number of allylic oxidation sites excluding steroid dienone is 1. The molecule has 0 spiro atoms. The number of nitrogens with two attached hydrogens (primary N) is 1. The molecular formula is C19H16N2O6. The number of methoxy groups -OCH3 is 2. The van der Waals surface area contributed by atoms with Gasteiger partial charge in [-0.3, -0.25) is 0 Å². The molecule has 0 saturated carbocycles. The van der Waals surface area contributed by atoms with Gasteiger partial charge in [0.25, 0.3) is 0 Å². The van der Waals surface area contributed by atoms with Crippen molar-refractivity contribution in [1.82, 2.24) is 0 Å². The third kappa shape index (κ3) is 2.44. The van der Waals surface area contributed by atoms with E-state index in [9.17, 15) is 10.4 Å². The number of nitriles is 1. The second-order valence-corrected chi connectivity index (χ2v) is 5.91. The van der Waals surface area contributed by atoms with Gasteiger partial charge in [-0.15, -0.1) is 0 Å². The normalized spacial score (nSPS) is 17.0. The number of ether oxygens (including phenoxy) is 5. The van der Waals surface area contributed by atoms with Crippen molar-refractivity contribution in [3.05, 3.63) is 46.8 Å². The number of phenols is 1. The van der Waals surface area contributed by atoms with E-state index in [1.807, 2.05) is 0 Å². The van der Waals surface area contributed by atoms with Gasteiger partial charge in [0.2, 0.25) is 24.2 Å². The zero-order valence-electron chi connectivity index (χ0n) is 14.6. The van der Waals surface area contributed by atoms with Crippen LogP contribution in [0.5, 0.6) is 34.5 Å². The highest BCUT2D eigenvalue weighted by molar-refractivity contribution is 5.69. The van der Waals surface area contributed by atoms with Crippen LogP contribution in [-0.2, 0) is 0 Å². The number of rotatable bonds is 3. The van der Waals surface area contributed by atoms with Crippen LogP contribution in [0.1, 0.15) is 17.0 Å². The third-order valence-electron chi connectivity index (χ3n) is 4.52. The standard InChI is InChI=1S/C19H16N2O6/c1-23-16-11(6-14-17(18(16)24-2)26-8-25-14)15-10-4-3-9(22)5-13(10)27-19(21)12(15)7-20/h3-6,15,22H,8,21H2,1-2H3/t15-/m1/s1. The van der Waals surface area contributed by atoms with E-state index < -0.39 is 5.92 Å². The topological polar surface area (TPSA) is 116 Å².